The third-order valence-electron chi connectivity index (χ3n) is 2.86. The maximum Gasteiger partial charge on any atom is 0.240 e. The highest BCUT2D eigenvalue weighted by Crippen LogP contribution is 2.23. The number of rotatable bonds is 2. The smallest absolute Gasteiger partial charge is 0.240 e. The van der Waals surface area contributed by atoms with Crippen LogP contribution in [-0.4, -0.2) is 15.2 Å². The Hall–Kier alpha value is -2.75. The van der Waals surface area contributed by atoms with Gasteiger partial charge in [-0.3, -0.25) is 0 Å². The van der Waals surface area contributed by atoms with E-state index in [-0.39, 0.29) is 5.95 Å². The third kappa shape index (κ3) is 2.42. The summed E-state index contributed by atoms with van der Waals surface area (Å²) < 4.78 is 0. The first-order valence-electron chi connectivity index (χ1n) is 5.94. The van der Waals surface area contributed by atoms with Gasteiger partial charge in [-0.1, -0.05) is 54.6 Å². The van der Waals surface area contributed by atoms with E-state index < -0.39 is 0 Å². The highest BCUT2D eigenvalue weighted by Gasteiger charge is 2.02. The molecule has 0 saturated carbocycles. The van der Waals surface area contributed by atoms with Gasteiger partial charge >= 0.3 is 0 Å². The zero-order valence-corrected chi connectivity index (χ0v) is 10.2. The number of anilines is 1. The normalized spacial score (nSPS) is 10.3. The lowest BCUT2D eigenvalue weighted by molar-refractivity contribution is 0.990. The minimum atomic E-state index is 0.185. The van der Waals surface area contributed by atoms with Crippen LogP contribution in [0.2, 0.25) is 0 Å². The molecule has 1 aromatic heterocycles. The van der Waals surface area contributed by atoms with Gasteiger partial charge in [-0.25, -0.2) is 4.98 Å². The first-order valence-corrected chi connectivity index (χ1v) is 5.94. The Morgan fingerprint density at radius 3 is 2.05 bits per heavy atom. The van der Waals surface area contributed by atoms with E-state index in [4.69, 9.17) is 5.73 Å². The van der Waals surface area contributed by atoms with E-state index in [1.807, 2.05) is 30.3 Å². The lowest BCUT2D eigenvalue weighted by Crippen LogP contribution is -1.97. The fourth-order valence-electron chi connectivity index (χ4n) is 1.92. The summed E-state index contributed by atoms with van der Waals surface area (Å²) in [5.74, 6) is 0.185. The van der Waals surface area contributed by atoms with Crippen LogP contribution in [0, 0.1) is 0 Å². The van der Waals surface area contributed by atoms with E-state index in [1.165, 1.54) is 11.1 Å². The van der Waals surface area contributed by atoms with Crippen molar-refractivity contribution in [2.24, 2.45) is 0 Å². The number of aromatic nitrogens is 3. The molecule has 0 aliphatic heterocycles. The zero-order chi connectivity index (χ0) is 13.1. The van der Waals surface area contributed by atoms with Gasteiger partial charge in [0.25, 0.3) is 0 Å². The number of nitrogens with zero attached hydrogens (tertiary/aromatic N) is 3. The molecule has 1 heterocycles. The Bertz CT molecular complexity index is 678. The van der Waals surface area contributed by atoms with E-state index in [2.05, 4.69) is 39.4 Å². The minimum Gasteiger partial charge on any atom is -0.366 e. The van der Waals surface area contributed by atoms with Crippen molar-refractivity contribution < 1.29 is 0 Å². The van der Waals surface area contributed by atoms with Gasteiger partial charge in [0.1, 0.15) is 0 Å². The molecule has 92 valence electrons. The van der Waals surface area contributed by atoms with Crippen molar-refractivity contribution >= 4 is 5.95 Å². The van der Waals surface area contributed by atoms with Crippen molar-refractivity contribution in [2.75, 3.05) is 5.73 Å². The van der Waals surface area contributed by atoms with Crippen LogP contribution in [0.25, 0.3) is 22.4 Å². The Balaban J connectivity index is 1.95. The van der Waals surface area contributed by atoms with E-state index in [1.54, 1.807) is 6.20 Å². The Kier molecular flexibility index (Phi) is 2.90. The van der Waals surface area contributed by atoms with Crippen molar-refractivity contribution in [2.45, 2.75) is 0 Å². The molecule has 4 heteroatoms. The number of benzene rings is 2. The molecule has 0 radical (unpaired) electrons. The number of nitrogen functional groups attached to an aromatic ring is 1. The molecule has 0 saturated heterocycles. The van der Waals surface area contributed by atoms with Crippen LogP contribution in [0.1, 0.15) is 0 Å². The highest BCUT2D eigenvalue weighted by atomic mass is 15.2. The largest absolute Gasteiger partial charge is 0.366 e. The summed E-state index contributed by atoms with van der Waals surface area (Å²) in [5, 5.41) is 7.45. The first kappa shape index (κ1) is 11.3. The van der Waals surface area contributed by atoms with Crippen molar-refractivity contribution in [3.05, 3.63) is 60.8 Å². The van der Waals surface area contributed by atoms with E-state index in [0.717, 1.165) is 11.3 Å². The second-order valence-corrected chi connectivity index (χ2v) is 4.14. The average Bonchev–Trinajstić information content (AvgIpc) is 2.48. The molecule has 2 aromatic carbocycles. The maximum atomic E-state index is 5.53. The summed E-state index contributed by atoms with van der Waals surface area (Å²) in [4.78, 5) is 4.15. The summed E-state index contributed by atoms with van der Waals surface area (Å²) in [5.41, 5.74) is 9.59. The van der Waals surface area contributed by atoms with Gasteiger partial charge in [-0.15, -0.1) is 5.10 Å². The molecule has 0 unspecified atom stereocenters. The number of nitrogens with two attached hydrogens (primary N) is 1. The molecule has 0 aliphatic carbocycles. The molecule has 3 rings (SSSR count). The molecule has 2 N–H and O–H groups in total. The second kappa shape index (κ2) is 4.86. The van der Waals surface area contributed by atoms with E-state index in [0.29, 0.717) is 0 Å². The van der Waals surface area contributed by atoms with Gasteiger partial charge in [0.15, 0.2) is 0 Å². The quantitative estimate of drug-likeness (QED) is 0.757. The molecular weight excluding hydrogens is 236 g/mol. The second-order valence-electron chi connectivity index (χ2n) is 4.14. The lowest BCUT2D eigenvalue weighted by atomic mass is 10.0. The maximum absolute atomic E-state index is 5.53. The monoisotopic (exact) mass is 248 g/mol. The van der Waals surface area contributed by atoms with Crippen molar-refractivity contribution in [1.29, 1.82) is 0 Å². The summed E-state index contributed by atoms with van der Waals surface area (Å²) in [7, 11) is 0. The molecule has 0 aliphatic rings. The van der Waals surface area contributed by atoms with Gasteiger partial charge in [0.2, 0.25) is 5.95 Å². The molecule has 0 fully saturated rings. The highest BCUT2D eigenvalue weighted by molar-refractivity contribution is 5.68. The molecule has 0 atom stereocenters. The first-order chi connectivity index (χ1) is 9.33. The van der Waals surface area contributed by atoms with Crippen molar-refractivity contribution in [3.8, 4) is 22.4 Å². The minimum absolute atomic E-state index is 0.185. The van der Waals surface area contributed by atoms with E-state index >= 15 is 0 Å². The number of hydrogen-bond donors (Lipinski definition) is 1. The van der Waals surface area contributed by atoms with Crippen molar-refractivity contribution in [3.63, 3.8) is 0 Å². The predicted molar refractivity (Wildman–Crippen MR) is 75.1 cm³/mol. The van der Waals surface area contributed by atoms with Gasteiger partial charge in [-0.2, -0.15) is 5.10 Å². The summed E-state index contributed by atoms with van der Waals surface area (Å²) in [6.07, 6.45) is 1.61. The number of hydrogen-bond acceptors (Lipinski definition) is 4. The zero-order valence-electron chi connectivity index (χ0n) is 10.2. The van der Waals surface area contributed by atoms with Crippen LogP contribution in [-0.2, 0) is 0 Å². The van der Waals surface area contributed by atoms with Crippen LogP contribution >= 0.6 is 0 Å². The molecule has 0 amide bonds. The standard InChI is InChI=1S/C15H12N4/c16-15-18-14(10-17-19-15)13-8-6-12(7-9-13)11-4-2-1-3-5-11/h1-10H,(H2,16,18,19). The summed E-state index contributed by atoms with van der Waals surface area (Å²) in [6.45, 7) is 0. The predicted octanol–water partition coefficient (Wildman–Crippen LogP) is 2.79. The molecule has 0 spiro atoms. The molecular formula is C15H12N4. The molecule has 0 bridgehead atoms. The van der Waals surface area contributed by atoms with Gasteiger partial charge < -0.3 is 5.73 Å². The van der Waals surface area contributed by atoms with Gasteiger partial charge in [0.05, 0.1) is 11.9 Å². The third-order valence-corrected chi connectivity index (χ3v) is 2.86. The molecule has 3 aromatic rings. The SMILES string of the molecule is Nc1nncc(-c2ccc(-c3ccccc3)cc2)n1. The summed E-state index contributed by atoms with van der Waals surface area (Å²) >= 11 is 0. The van der Waals surface area contributed by atoms with Crippen LogP contribution in [0.3, 0.4) is 0 Å². The lowest BCUT2D eigenvalue weighted by Gasteiger charge is -2.04. The van der Waals surface area contributed by atoms with Crippen LogP contribution in [0.15, 0.2) is 60.8 Å². The van der Waals surface area contributed by atoms with Crippen LogP contribution < -0.4 is 5.73 Å². The van der Waals surface area contributed by atoms with Crippen molar-refractivity contribution in [1.82, 2.24) is 15.2 Å². The Labute approximate surface area is 111 Å². The molecule has 4 nitrogen and oxygen atoms in total. The fraction of sp³-hybridized carbons (Fsp3) is 0. The topological polar surface area (TPSA) is 64.7 Å². The molecule has 19 heavy (non-hydrogen) atoms. The summed E-state index contributed by atoms with van der Waals surface area (Å²) in [6, 6.07) is 18.4. The van der Waals surface area contributed by atoms with Crippen LogP contribution in [0.5, 0.6) is 0 Å². The van der Waals surface area contributed by atoms with Gasteiger partial charge in [-0.05, 0) is 11.1 Å². The van der Waals surface area contributed by atoms with Crippen LogP contribution in [0.4, 0.5) is 5.95 Å². The Morgan fingerprint density at radius 2 is 1.37 bits per heavy atom. The van der Waals surface area contributed by atoms with Gasteiger partial charge in [0, 0.05) is 5.56 Å². The fourth-order valence-corrected chi connectivity index (χ4v) is 1.92. The average molecular weight is 248 g/mol. The van der Waals surface area contributed by atoms with E-state index in [9.17, 15) is 0 Å². The Morgan fingerprint density at radius 1 is 0.737 bits per heavy atom.